The Morgan fingerprint density at radius 1 is 1.35 bits per heavy atom. The second-order valence-corrected chi connectivity index (χ2v) is 6.99. The molecule has 1 aliphatic carbocycles. The number of carbonyl (C=O) groups is 1. The van der Waals surface area contributed by atoms with Crippen LogP contribution in [0.5, 0.6) is 0 Å². The van der Waals surface area contributed by atoms with Gasteiger partial charge in [0.15, 0.2) is 0 Å². The highest BCUT2D eigenvalue weighted by molar-refractivity contribution is 5.86. The largest absolute Gasteiger partial charge is 0.368 e. The average Bonchev–Trinajstić information content (AvgIpc) is 3.21. The highest BCUT2D eigenvalue weighted by Gasteiger charge is 2.50. The molecular weight excluding hydrogens is 250 g/mol. The van der Waals surface area contributed by atoms with E-state index >= 15 is 0 Å². The van der Waals surface area contributed by atoms with Crippen molar-refractivity contribution in [2.75, 3.05) is 19.6 Å². The minimum absolute atomic E-state index is 0.153. The Labute approximate surface area is 123 Å². The lowest BCUT2D eigenvalue weighted by molar-refractivity contribution is -0.126. The summed E-state index contributed by atoms with van der Waals surface area (Å²) in [5, 5.41) is 3.51. The predicted octanol–water partition coefficient (Wildman–Crippen LogP) is 1.74. The van der Waals surface area contributed by atoms with Crippen LogP contribution >= 0.6 is 0 Å². The summed E-state index contributed by atoms with van der Waals surface area (Å²) in [7, 11) is 0. The van der Waals surface area contributed by atoms with Crippen LogP contribution in [0.25, 0.3) is 0 Å². The van der Waals surface area contributed by atoms with Crippen LogP contribution in [0.15, 0.2) is 0 Å². The third kappa shape index (κ3) is 3.34. The van der Waals surface area contributed by atoms with Crippen molar-refractivity contribution in [1.29, 1.82) is 0 Å². The van der Waals surface area contributed by atoms with Gasteiger partial charge in [0, 0.05) is 12.6 Å². The van der Waals surface area contributed by atoms with Gasteiger partial charge in [-0.1, -0.05) is 13.8 Å². The molecule has 20 heavy (non-hydrogen) atoms. The van der Waals surface area contributed by atoms with Crippen LogP contribution in [0.2, 0.25) is 0 Å². The first-order valence-electron chi connectivity index (χ1n) is 8.28. The van der Waals surface area contributed by atoms with Gasteiger partial charge in [-0.3, -0.25) is 9.69 Å². The number of rotatable bonds is 7. The van der Waals surface area contributed by atoms with E-state index in [1.807, 2.05) is 0 Å². The normalized spacial score (nSPS) is 30.9. The molecule has 3 N–H and O–H groups in total. The quantitative estimate of drug-likeness (QED) is 0.747. The Hall–Kier alpha value is -0.610. The van der Waals surface area contributed by atoms with Crippen LogP contribution in [0.3, 0.4) is 0 Å². The molecule has 1 heterocycles. The summed E-state index contributed by atoms with van der Waals surface area (Å²) in [5.74, 6) is 1.09. The standard InChI is InChI=1S/C16H31N3O/c1-4-8-18-16(15(17)20,14-5-6-14)11-19-9-7-12(2)10-13(19)3/h12-14,18H,4-11H2,1-3H3,(H2,17,20). The van der Waals surface area contributed by atoms with Gasteiger partial charge in [-0.05, 0) is 64.0 Å². The number of amides is 1. The van der Waals surface area contributed by atoms with E-state index in [4.69, 9.17) is 5.73 Å². The molecule has 2 rings (SSSR count). The van der Waals surface area contributed by atoms with Gasteiger partial charge in [0.25, 0.3) is 0 Å². The van der Waals surface area contributed by atoms with Crippen molar-refractivity contribution in [2.45, 2.75) is 64.5 Å². The molecule has 3 atom stereocenters. The van der Waals surface area contributed by atoms with Gasteiger partial charge in [0.2, 0.25) is 5.91 Å². The molecule has 4 nitrogen and oxygen atoms in total. The fourth-order valence-corrected chi connectivity index (χ4v) is 3.63. The van der Waals surface area contributed by atoms with E-state index in [9.17, 15) is 4.79 Å². The number of primary amides is 1. The van der Waals surface area contributed by atoms with E-state index in [0.717, 1.165) is 44.8 Å². The van der Waals surface area contributed by atoms with Crippen molar-refractivity contribution < 1.29 is 4.79 Å². The summed E-state index contributed by atoms with van der Waals surface area (Å²) in [6.07, 6.45) is 5.77. The summed E-state index contributed by atoms with van der Waals surface area (Å²) in [5.41, 5.74) is 5.32. The molecule has 0 bridgehead atoms. The molecule has 116 valence electrons. The molecule has 1 aliphatic heterocycles. The van der Waals surface area contributed by atoms with Crippen molar-refractivity contribution in [3.05, 3.63) is 0 Å². The number of nitrogens with two attached hydrogens (primary N) is 1. The second kappa shape index (κ2) is 6.44. The SMILES string of the molecule is CCCNC(CN1CCC(C)CC1C)(C(N)=O)C1CC1. The summed E-state index contributed by atoms with van der Waals surface area (Å²) in [6, 6.07) is 0.555. The monoisotopic (exact) mass is 281 g/mol. The fraction of sp³-hybridized carbons (Fsp3) is 0.938. The molecule has 0 radical (unpaired) electrons. The van der Waals surface area contributed by atoms with Crippen LogP contribution in [-0.2, 0) is 4.79 Å². The Kier molecular flexibility index (Phi) is 5.08. The van der Waals surface area contributed by atoms with E-state index in [1.165, 1.54) is 12.8 Å². The predicted molar refractivity (Wildman–Crippen MR) is 82.4 cm³/mol. The topological polar surface area (TPSA) is 58.4 Å². The Morgan fingerprint density at radius 3 is 2.55 bits per heavy atom. The Morgan fingerprint density at radius 2 is 2.05 bits per heavy atom. The van der Waals surface area contributed by atoms with Gasteiger partial charge in [-0.15, -0.1) is 0 Å². The number of hydrogen-bond donors (Lipinski definition) is 2. The van der Waals surface area contributed by atoms with Gasteiger partial charge in [-0.25, -0.2) is 0 Å². The third-order valence-electron chi connectivity index (χ3n) is 5.13. The van der Waals surface area contributed by atoms with E-state index in [-0.39, 0.29) is 5.91 Å². The molecule has 0 aromatic carbocycles. The fourth-order valence-electron chi connectivity index (χ4n) is 3.63. The third-order valence-corrected chi connectivity index (χ3v) is 5.13. The molecule has 0 aromatic heterocycles. The number of piperidine rings is 1. The second-order valence-electron chi connectivity index (χ2n) is 6.99. The van der Waals surface area contributed by atoms with Crippen LogP contribution in [0.4, 0.5) is 0 Å². The number of carbonyl (C=O) groups excluding carboxylic acids is 1. The average molecular weight is 281 g/mol. The van der Waals surface area contributed by atoms with Crippen molar-refractivity contribution in [3.8, 4) is 0 Å². The van der Waals surface area contributed by atoms with E-state index in [0.29, 0.717) is 12.0 Å². The maximum absolute atomic E-state index is 12.2. The summed E-state index contributed by atoms with van der Waals surface area (Å²) >= 11 is 0. The lowest BCUT2D eigenvalue weighted by atomic mass is 9.87. The minimum Gasteiger partial charge on any atom is -0.368 e. The molecule has 0 spiro atoms. The first kappa shape index (κ1) is 15.8. The summed E-state index contributed by atoms with van der Waals surface area (Å²) in [4.78, 5) is 14.7. The number of nitrogens with zero attached hydrogens (tertiary/aromatic N) is 1. The van der Waals surface area contributed by atoms with Crippen LogP contribution in [0, 0.1) is 11.8 Å². The van der Waals surface area contributed by atoms with Gasteiger partial charge in [0.1, 0.15) is 5.54 Å². The minimum atomic E-state index is -0.495. The van der Waals surface area contributed by atoms with Crippen LogP contribution in [-0.4, -0.2) is 42.0 Å². The molecular formula is C16H31N3O. The van der Waals surface area contributed by atoms with Gasteiger partial charge in [-0.2, -0.15) is 0 Å². The Balaban J connectivity index is 2.08. The van der Waals surface area contributed by atoms with Crippen molar-refractivity contribution in [3.63, 3.8) is 0 Å². The molecule has 1 amide bonds. The Bertz CT molecular complexity index is 343. The van der Waals surface area contributed by atoms with Gasteiger partial charge in [0.05, 0.1) is 0 Å². The zero-order chi connectivity index (χ0) is 14.8. The maximum atomic E-state index is 12.2. The first-order chi connectivity index (χ1) is 9.49. The lowest BCUT2D eigenvalue weighted by Gasteiger charge is -2.43. The highest BCUT2D eigenvalue weighted by atomic mass is 16.1. The van der Waals surface area contributed by atoms with E-state index in [2.05, 4.69) is 31.0 Å². The van der Waals surface area contributed by atoms with E-state index in [1.54, 1.807) is 0 Å². The van der Waals surface area contributed by atoms with Crippen molar-refractivity contribution >= 4 is 5.91 Å². The summed E-state index contributed by atoms with van der Waals surface area (Å²) < 4.78 is 0. The molecule has 1 saturated carbocycles. The van der Waals surface area contributed by atoms with Gasteiger partial charge >= 0.3 is 0 Å². The van der Waals surface area contributed by atoms with Crippen LogP contribution in [0.1, 0.15) is 52.9 Å². The first-order valence-corrected chi connectivity index (χ1v) is 8.28. The van der Waals surface area contributed by atoms with E-state index < -0.39 is 5.54 Å². The van der Waals surface area contributed by atoms with Crippen molar-refractivity contribution in [1.82, 2.24) is 10.2 Å². The molecule has 2 fully saturated rings. The van der Waals surface area contributed by atoms with Crippen molar-refractivity contribution in [2.24, 2.45) is 17.6 Å². The molecule has 3 unspecified atom stereocenters. The summed E-state index contributed by atoms with van der Waals surface area (Å²) in [6.45, 7) is 9.51. The number of likely N-dealkylation sites (tertiary alicyclic amines) is 1. The number of hydrogen-bond acceptors (Lipinski definition) is 3. The zero-order valence-corrected chi connectivity index (χ0v) is 13.3. The van der Waals surface area contributed by atoms with Crippen LogP contribution < -0.4 is 11.1 Å². The number of nitrogens with one attached hydrogen (secondary N) is 1. The lowest BCUT2D eigenvalue weighted by Crippen LogP contribution is -2.64. The molecule has 2 aliphatic rings. The highest BCUT2D eigenvalue weighted by Crippen LogP contribution is 2.41. The van der Waals surface area contributed by atoms with Gasteiger partial charge < -0.3 is 11.1 Å². The smallest absolute Gasteiger partial charge is 0.239 e. The molecule has 4 heteroatoms. The molecule has 0 aromatic rings. The molecule has 1 saturated heterocycles. The maximum Gasteiger partial charge on any atom is 0.239 e. The zero-order valence-electron chi connectivity index (χ0n) is 13.3.